The van der Waals surface area contributed by atoms with Gasteiger partial charge >= 0.3 is 0 Å². The van der Waals surface area contributed by atoms with Crippen molar-refractivity contribution in [1.29, 1.82) is 0 Å². The SMILES string of the molecule is Cl.O=C(CN1CCN(Cc2ccccc2F)CC1)NC1CC(=O)c2cc(Br)sc21. The smallest absolute Gasteiger partial charge is 0.234 e. The van der Waals surface area contributed by atoms with E-state index in [1.807, 2.05) is 18.2 Å². The third-order valence-corrected chi connectivity index (χ3v) is 7.01. The molecule has 1 unspecified atom stereocenters. The lowest BCUT2D eigenvalue weighted by molar-refractivity contribution is -0.123. The number of piperazine rings is 1. The Labute approximate surface area is 187 Å². The van der Waals surface area contributed by atoms with Crippen molar-refractivity contribution in [3.8, 4) is 0 Å². The first kappa shape index (κ1) is 22.4. The molecular weight excluding hydrogens is 481 g/mol. The minimum absolute atomic E-state index is 0. The summed E-state index contributed by atoms with van der Waals surface area (Å²) in [6, 6.07) is 8.48. The first-order chi connectivity index (χ1) is 13.5. The van der Waals surface area contributed by atoms with Crippen LogP contribution in [0.25, 0.3) is 0 Å². The summed E-state index contributed by atoms with van der Waals surface area (Å²) >= 11 is 4.92. The van der Waals surface area contributed by atoms with E-state index < -0.39 is 0 Å². The van der Waals surface area contributed by atoms with Crippen LogP contribution >= 0.6 is 39.7 Å². The van der Waals surface area contributed by atoms with E-state index in [4.69, 9.17) is 0 Å². The number of hydrogen-bond donors (Lipinski definition) is 1. The van der Waals surface area contributed by atoms with Crippen LogP contribution in [0.1, 0.15) is 33.3 Å². The summed E-state index contributed by atoms with van der Waals surface area (Å²) in [5.41, 5.74) is 1.43. The number of benzene rings is 1. The van der Waals surface area contributed by atoms with Crippen molar-refractivity contribution >= 4 is 51.4 Å². The van der Waals surface area contributed by atoms with Crippen LogP contribution in [0.2, 0.25) is 0 Å². The Bertz CT molecular complexity index is 902. The average molecular weight is 503 g/mol. The van der Waals surface area contributed by atoms with Crippen molar-refractivity contribution < 1.29 is 14.0 Å². The molecule has 1 N–H and O–H groups in total. The Morgan fingerprint density at radius 1 is 1.21 bits per heavy atom. The Morgan fingerprint density at radius 2 is 1.90 bits per heavy atom. The number of carbonyl (C=O) groups excluding carboxylic acids is 2. The van der Waals surface area contributed by atoms with Crippen molar-refractivity contribution in [2.24, 2.45) is 0 Å². The van der Waals surface area contributed by atoms with Crippen molar-refractivity contribution in [3.05, 3.63) is 55.9 Å². The number of nitrogens with zero attached hydrogens (tertiary/aromatic N) is 2. The number of hydrogen-bond acceptors (Lipinski definition) is 5. The predicted molar refractivity (Wildman–Crippen MR) is 117 cm³/mol. The van der Waals surface area contributed by atoms with Crippen molar-refractivity contribution in [3.63, 3.8) is 0 Å². The minimum atomic E-state index is -0.214. The monoisotopic (exact) mass is 501 g/mol. The molecule has 2 aromatic rings. The van der Waals surface area contributed by atoms with E-state index in [-0.39, 0.29) is 36.0 Å². The molecule has 1 aromatic heterocycles. The summed E-state index contributed by atoms with van der Waals surface area (Å²) in [5.74, 6) is -0.142. The molecule has 4 rings (SSSR count). The van der Waals surface area contributed by atoms with E-state index in [1.54, 1.807) is 6.07 Å². The topological polar surface area (TPSA) is 52.7 Å². The lowest BCUT2D eigenvalue weighted by atomic mass is 10.2. The molecule has 0 spiro atoms. The summed E-state index contributed by atoms with van der Waals surface area (Å²) in [7, 11) is 0. The maximum absolute atomic E-state index is 13.8. The summed E-state index contributed by atoms with van der Waals surface area (Å²) < 4.78 is 14.7. The second-order valence-electron chi connectivity index (χ2n) is 7.22. The zero-order valence-electron chi connectivity index (χ0n) is 15.7. The number of nitrogens with one attached hydrogen (secondary N) is 1. The third kappa shape index (κ3) is 5.24. The normalized spacial score (nSPS) is 19.7. The molecule has 156 valence electrons. The van der Waals surface area contributed by atoms with Crippen molar-refractivity contribution in [2.75, 3.05) is 32.7 Å². The van der Waals surface area contributed by atoms with E-state index in [0.29, 0.717) is 25.1 Å². The molecule has 2 heterocycles. The van der Waals surface area contributed by atoms with Crippen LogP contribution in [0, 0.1) is 5.82 Å². The molecule has 1 fully saturated rings. The van der Waals surface area contributed by atoms with Gasteiger partial charge in [-0.15, -0.1) is 23.7 Å². The highest BCUT2D eigenvalue weighted by Gasteiger charge is 2.33. The molecule has 1 amide bonds. The van der Waals surface area contributed by atoms with Gasteiger partial charge in [0.05, 0.1) is 16.4 Å². The van der Waals surface area contributed by atoms with E-state index in [9.17, 15) is 14.0 Å². The third-order valence-electron chi connectivity index (χ3n) is 5.26. The van der Waals surface area contributed by atoms with Crippen LogP contribution in [0.5, 0.6) is 0 Å². The van der Waals surface area contributed by atoms with Crippen LogP contribution in [-0.2, 0) is 11.3 Å². The van der Waals surface area contributed by atoms with Gasteiger partial charge in [0, 0.05) is 55.1 Å². The molecule has 2 aliphatic rings. The molecule has 0 bridgehead atoms. The Kier molecular flexibility index (Phi) is 7.45. The van der Waals surface area contributed by atoms with Crippen LogP contribution in [-0.4, -0.2) is 54.2 Å². The molecule has 1 saturated heterocycles. The molecule has 5 nitrogen and oxygen atoms in total. The van der Waals surface area contributed by atoms with Gasteiger partial charge in [-0.2, -0.15) is 0 Å². The molecule has 0 radical (unpaired) electrons. The molecular formula is C20H22BrClFN3O2S. The van der Waals surface area contributed by atoms with E-state index in [0.717, 1.165) is 40.4 Å². The largest absolute Gasteiger partial charge is 0.347 e. The fourth-order valence-electron chi connectivity index (χ4n) is 3.77. The highest BCUT2D eigenvalue weighted by Crippen LogP contribution is 2.39. The van der Waals surface area contributed by atoms with Gasteiger partial charge < -0.3 is 5.32 Å². The zero-order valence-corrected chi connectivity index (χ0v) is 18.9. The van der Waals surface area contributed by atoms with E-state index in [1.165, 1.54) is 17.4 Å². The molecule has 1 atom stereocenters. The fourth-order valence-corrected chi connectivity index (χ4v) is 5.48. The van der Waals surface area contributed by atoms with Gasteiger partial charge in [0.2, 0.25) is 5.91 Å². The minimum Gasteiger partial charge on any atom is -0.347 e. The van der Waals surface area contributed by atoms with E-state index >= 15 is 0 Å². The number of amides is 1. The van der Waals surface area contributed by atoms with Gasteiger partial charge in [-0.1, -0.05) is 18.2 Å². The lowest BCUT2D eigenvalue weighted by Crippen LogP contribution is -2.49. The van der Waals surface area contributed by atoms with E-state index in [2.05, 4.69) is 31.0 Å². The van der Waals surface area contributed by atoms with Crippen molar-refractivity contribution in [1.82, 2.24) is 15.1 Å². The van der Waals surface area contributed by atoms with Gasteiger partial charge in [-0.3, -0.25) is 19.4 Å². The summed E-state index contributed by atoms with van der Waals surface area (Å²) in [6.07, 6.45) is 0.344. The van der Waals surface area contributed by atoms with Crippen LogP contribution < -0.4 is 5.32 Å². The zero-order chi connectivity index (χ0) is 19.7. The van der Waals surface area contributed by atoms with Gasteiger partial charge in [-0.05, 0) is 28.1 Å². The predicted octanol–water partition coefficient (Wildman–Crippen LogP) is 3.63. The number of rotatable bonds is 5. The lowest BCUT2D eigenvalue weighted by Gasteiger charge is -2.34. The molecule has 1 aliphatic carbocycles. The molecule has 1 aromatic carbocycles. The molecule has 9 heteroatoms. The molecule has 29 heavy (non-hydrogen) atoms. The van der Waals surface area contributed by atoms with Gasteiger partial charge in [0.15, 0.2) is 5.78 Å². The summed E-state index contributed by atoms with van der Waals surface area (Å²) in [6.45, 7) is 4.03. The Balaban J connectivity index is 0.00000240. The van der Waals surface area contributed by atoms with Gasteiger partial charge in [0.25, 0.3) is 0 Å². The molecule has 1 aliphatic heterocycles. The summed E-state index contributed by atoms with van der Waals surface area (Å²) in [4.78, 5) is 29.8. The second kappa shape index (κ2) is 9.66. The quantitative estimate of drug-likeness (QED) is 0.678. The van der Waals surface area contributed by atoms with Crippen LogP contribution in [0.15, 0.2) is 34.1 Å². The molecule has 0 saturated carbocycles. The number of fused-ring (bicyclic) bond motifs is 1. The Morgan fingerprint density at radius 3 is 2.62 bits per heavy atom. The number of thiophene rings is 1. The maximum atomic E-state index is 13.8. The fraction of sp³-hybridized carbons (Fsp3) is 0.400. The highest BCUT2D eigenvalue weighted by atomic mass is 79.9. The number of halogens is 3. The number of ketones is 1. The number of carbonyl (C=O) groups is 2. The van der Waals surface area contributed by atoms with Gasteiger partial charge in [-0.25, -0.2) is 4.39 Å². The van der Waals surface area contributed by atoms with Crippen LogP contribution in [0.3, 0.4) is 0 Å². The van der Waals surface area contributed by atoms with Gasteiger partial charge in [0.1, 0.15) is 5.82 Å². The van der Waals surface area contributed by atoms with Crippen LogP contribution in [0.4, 0.5) is 4.39 Å². The standard InChI is InChI=1S/C20H21BrFN3O2S.ClH/c21-18-9-14-17(26)10-16(20(14)28-18)23-19(27)12-25-7-5-24(6-8-25)11-13-3-1-2-4-15(13)22;/h1-4,9,16H,5-8,10-12H2,(H,23,27);1H. The summed E-state index contributed by atoms with van der Waals surface area (Å²) in [5, 5.41) is 3.01. The number of Topliss-reactive ketones (excluding diaryl/α,β-unsaturated/α-hetero) is 1. The van der Waals surface area contributed by atoms with Crippen molar-refractivity contribution in [2.45, 2.75) is 19.0 Å². The maximum Gasteiger partial charge on any atom is 0.234 e. The second-order valence-corrected chi connectivity index (χ2v) is 9.68. The first-order valence-electron chi connectivity index (χ1n) is 9.29. The highest BCUT2D eigenvalue weighted by molar-refractivity contribution is 9.11. The Hall–Kier alpha value is -1.32. The average Bonchev–Trinajstić information content (AvgIpc) is 3.18. The first-order valence-corrected chi connectivity index (χ1v) is 10.9.